The fraction of sp³-hybridized carbons (Fsp3) is 0.0870. The highest BCUT2D eigenvalue weighted by Gasteiger charge is 2.09. The van der Waals surface area contributed by atoms with Crippen molar-refractivity contribution in [1.29, 1.82) is 0 Å². The van der Waals surface area contributed by atoms with Gasteiger partial charge in [-0.3, -0.25) is 4.79 Å². The number of benzene rings is 3. The van der Waals surface area contributed by atoms with Crippen molar-refractivity contribution in [3.8, 4) is 11.5 Å². The fourth-order valence-electron chi connectivity index (χ4n) is 2.70. The van der Waals surface area contributed by atoms with Gasteiger partial charge in [-0.25, -0.2) is 0 Å². The van der Waals surface area contributed by atoms with Crippen LogP contribution in [0.15, 0.2) is 89.3 Å². The maximum absolute atomic E-state index is 12.3. The molecule has 1 heterocycles. The molecule has 31 heavy (non-hydrogen) atoms. The first kappa shape index (κ1) is 20.9. The van der Waals surface area contributed by atoms with Gasteiger partial charge < -0.3 is 15.4 Å². The minimum atomic E-state index is -0.115. The van der Waals surface area contributed by atoms with E-state index in [0.29, 0.717) is 18.0 Å². The highest BCUT2D eigenvalue weighted by Crippen LogP contribution is 2.27. The van der Waals surface area contributed by atoms with E-state index in [0.717, 1.165) is 15.2 Å². The van der Waals surface area contributed by atoms with Crippen molar-refractivity contribution in [2.75, 3.05) is 16.4 Å². The van der Waals surface area contributed by atoms with Crippen LogP contribution in [0, 0.1) is 0 Å². The van der Waals surface area contributed by atoms with Crippen LogP contribution in [0.2, 0.25) is 0 Å². The molecule has 4 aromatic rings. The zero-order valence-electron chi connectivity index (χ0n) is 16.5. The van der Waals surface area contributed by atoms with E-state index in [-0.39, 0.29) is 11.7 Å². The number of ether oxygens (including phenoxy) is 1. The average Bonchev–Trinajstić information content (AvgIpc) is 3.26. The van der Waals surface area contributed by atoms with Gasteiger partial charge in [-0.1, -0.05) is 77.7 Å². The summed E-state index contributed by atoms with van der Waals surface area (Å²) in [5.41, 5.74) is 1.85. The van der Waals surface area contributed by atoms with Crippen molar-refractivity contribution in [3.05, 3.63) is 90.5 Å². The van der Waals surface area contributed by atoms with Crippen molar-refractivity contribution < 1.29 is 9.53 Å². The first-order chi connectivity index (χ1) is 15.2. The molecule has 2 N–H and O–H groups in total. The van der Waals surface area contributed by atoms with E-state index in [1.807, 2.05) is 78.9 Å². The lowest BCUT2D eigenvalue weighted by Crippen LogP contribution is -2.13. The van der Waals surface area contributed by atoms with Crippen LogP contribution >= 0.6 is 23.1 Å². The Labute approximate surface area is 188 Å². The third kappa shape index (κ3) is 6.56. The Hall–Kier alpha value is -3.36. The average molecular weight is 449 g/mol. The molecule has 0 saturated carbocycles. The lowest BCUT2D eigenvalue weighted by Gasteiger charge is -2.08. The molecule has 0 saturated heterocycles. The van der Waals surface area contributed by atoms with E-state index in [4.69, 9.17) is 4.74 Å². The second kappa shape index (κ2) is 10.6. The predicted octanol–water partition coefficient (Wildman–Crippen LogP) is 5.67. The predicted molar refractivity (Wildman–Crippen MR) is 126 cm³/mol. The molecule has 0 spiro atoms. The summed E-state index contributed by atoms with van der Waals surface area (Å²) in [6.07, 6.45) is 0. The summed E-state index contributed by atoms with van der Waals surface area (Å²) in [6, 6.07) is 26.9. The molecule has 0 aliphatic carbocycles. The van der Waals surface area contributed by atoms with E-state index in [9.17, 15) is 4.79 Å². The topological polar surface area (TPSA) is 76.1 Å². The molecule has 156 valence electrons. The second-order valence-electron chi connectivity index (χ2n) is 6.49. The summed E-state index contributed by atoms with van der Waals surface area (Å²) in [5.74, 6) is 1.54. The Morgan fingerprint density at radius 1 is 0.903 bits per heavy atom. The molecule has 0 aliphatic rings. The van der Waals surface area contributed by atoms with Gasteiger partial charge in [-0.2, -0.15) is 0 Å². The van der Waals surface area contributed by atoms with Crippen molar-refractivity contribution in [2.45, 2.75) is 10.9 Å². The van der Waals surface area contributed by atoms with Gasteiger partial charge in [0.2, 0.25) is 11.0 Å². The van der Waals surface area contributed by atoms with Gasteiger partial charge in [0.15, 0.2) is 4.34 Å². The van der Waals surface area contributed by atoms with Crippen LogP contribution < -0.4 is 15.4 Å². The van der Waals surface area contributed by atoms with Crippen molar-refractivity contribution >= 4 is 39.8 Å². The van der Waals surface area contributed by atoms with Crippen LogP contribution in [0.3, 0.4) is 0 Å². The standard InChI is InChI=1S/C23H20N4O2S2/c28-21(25-18-10-7-13-20(14-18)29-19-11-5-2-6-12-19)16-30-23-27-26-22(31-23)24-15-17-8-3-1-4-9-17/h1-14H,15-16H2,(H,24,26)(H,25,28). The SMILES string of the molecule is O=C(CSc1nnc(NCc2ccccc2)s1)Nc1cccc(Oc2ccccc2)c1. The lowest BCUT2D eigenvalue weighted by atomic mass is 10.2. The zero-order valence-corrected chi connectivity index (χ0v) is 18.2. The van der Waals surface area contributed by atoms with Crippen molar-refractivity contribution in [1.82, 2.24) is 10.2 Å². The fourth-order valence-corrected chi connectivity index (χ4v) is 4.25. The molecule has 0 fully saturated rings. The minimum absolute atomic E-state index is 0.115. The summed E-state index contributed by atoms with van der Waals surface area (Å²) in [6.45, 7) is 0.683. The van der Waals surface area contributed by atoms with E-state index < -0.39 is 0 Å². The highest BCUT2D eigenvalue weighted by molar-refractivity contribution is 8.01. The van der Waals surface area contributed by atoms with Gasteiger partial charge in [-0.15, -0.1) is 10.2 Å². The van der Waals surface area contributed by atoms with Gasteiger partial charge in [-0.05, 0) is 29.8 Å². The number of aromatic nitrogens is 2. The number of nitrogens with one attached hydrogen (secondary N) is 2. The molecule has 0 bridgehead atoms. The molecule has 8 heteroatoms. The highest BCUT2D eigenvalue weighted by atomic mass is 32.2. The third-order valence-electron chi connectivity index (χ3n) is 4.12. The van der Waals surface area contributed by atoms with Gasteiger partial charge in [0, 0.05) is 18.3 Å². The van der Waals surface area contributed by atoms with Gasteiger partial charge in [0.1, 0.15) is 11.5 Å². The Morgan fingerprint density at radius 3 is 2.45 bits per heavy atom. The largest absolute Gasteiger partial charge is 0.457 e. The minimum Gasteiger partial charge on any atom is -0.457 e. The van der Waals surface area contributed by atoms with Crippen LogP contribution in [0.4, 0.5) is 10.8 Å². The Balaban J connectivity index is 1.25. The van der Waals surface area contributed by atoms with Crippen molar-refractivity contribution in [3.63, 3.8) is 0 Å². The number of carbonyl (C=O) groups is 1. The summed E-state index contributed by atoms with van der Waals surface area (Å²) in [5, 5.41) is 15.1. The monoisotopic (exact) mass is 448 g/mol. The number of rotatable bonds is 9. The molecule has 6 nitrogen and oxygen atoms in total. The normalized spacial score (nSPS) is 10.5. The zero-order chi connectivity index (χ0) is 21.3. The van der Waals surface area contributed by atoms with Crippen LogP contribution in [0.5, 0.6) is 11.5 Å². The molecule has 1 aromatic heterocycles. The molecule has 0 aliphatic heterocycles. The molecule has 0 atom stereocenters. The maximum atomic E-state index is 12.3. The molecule has 4 rings (SSSR count). The molecule has 0 unspecified atom stereocenters. The first-order valence-electron chi connectivity index (χ1n) is 9.61. The van der Waals surface area contributed by atoms with Gasteiger partial charge in [0.25, 0.3) is 0 Å². The number of amides is 1. The molecular formula is C23H20N4O2S2. The Bertz CT molecular complexity index is 1120. The summed E-state index contributed by atoms with van der Waals surface area (Å²) < 4.78 is 6.55. The molecule has 0 radical (unpaired) electrons. The third-order valence-corrected chi connectivity index (χ3v) is 6.13. The molecule has 3 aromatic carbocycles. The van der Waals surface area contributed by atoms with E-state index in [1.54, 1.807) is 6.07 Å². The van der Waals surface area contributed by atoms with Crippen LogP contribution in [0.1, 0.15) is 5.56 Å². The number of hydrogen-bond donors (Lipinski definition) is 2. The number of para-hydroxylation sites is 1. The van der Waals surface area contributed by atoms with E-state index >= 15 is 0 Å². The van der Waals surface area contributed by atoms with Crippen LogP contribution in [0.25, 0.3) is 0 Å². The Morgan fingerprint density at radius 2 is 1.65 bits per heavy atom. The second-order valence-corrected chi connectivity index (χ2v) is 8.69. The molecular weight excluding hydrogens is 428 g/mol. The lowest BCUT2D eigenvalue weighted by molar-refractivity contribution is -0.113. The van der Waals surface area contributed by atoms with Crippen LogP contribution in [-0.2, 0) is 11.3 Å². The summed E-state index contributed by atoms with van der Waals surface area (Å²) >= 11 is 2.79. The number of hydrogen-bond acceptors (Lipinski definition) is 7. The first-order valence-corrected chi connectivity index (χ1v) is 11.4. The van der Waals surface area contributed by atoms with Gasteiger partial charge >= 0.3 is 0 Å². The summed E-state index contributed by atoms with van der Waals surface area (Å²) in [4.78, 5) is 12.3. The quantitative estimate of drug-likeness (QED) is 0.321. The van der Waals surface area contributed by atoms with Crippen LogP contribution in [-0.4, -0.2) is 21.9 Å². The van der Waals surface area contributed by atoms with E-state index in [1.165, 1.54) is 28.7 Å². The number of thioether (sulfide) groups is 1. The van der Waals surface area contributed by atoms with Crippen molar-refractivity contribution in [2.24, 2.45) is 0 Å². The van der Waals surface area contributed by atoms with E-state index in [2.05, 4.69) is 20.8 Å². The Kier molecular flexibility index (Phi) is 7.15. The number of anilines is 2. The molecule has 1 amide bonds. The van der Waals surface area contributed by atoms with Gasteiger partial charge in [0.05, 0.1) is 5.75 Å². The number of nitrogens with zero attached hydrogens (tertiary/aromatic N) is 2. The smallest absolute Gasteiger partial charge is 0.234 e. The summed E-state index contributed by atoms with van der Waals surface area (Å²) in [7, 11) is 0. The number of carbonyl (C=O) groups excluding carboxylic acids is 1. The maximum Gasteiger partial charge on any atom is 0.234 e.